The molecule has 0 aromatic heterocycles. The normalized spacial score (nSPS) is 12.9. The van der Waals surface area contributed by atoms with Crippen molar-refractivity contribution in [3.63, 3.8) is 0 Å². The van der Waals surface area contributed by atoms with Crippen LogP contribution in [0.2, 0.25) is 0 Å². The number of allylic oxidation sites excluding steroid dienone is 5. The number of nitriles is 1. The van der Waals surface area contributed by atoms with Crippen LogP contribution in [0.3, 0.4) is 0 Å². The molecule has 0 amide bonds. The first-order valence-electron chi connectivity index (χ1n) is 7.88. The molecule has 27 heavy (non-hydrogen) atoms. The van der Waals surface area contributed by atoms with Crippen LogP contribution in [0.4, 0.5) is 13.2 Å². The molecular weight excluding hydrogens is 353 g/mol. The van der Waals surface area contributed by atoms with Gasteiger partial charge in [0.2, 0.25) is 0 Å². The summed E-state index contributed by atoms with van der Waals surface area (Å²) in [4.78, 5) is 0. The van der Waals surface area contributed by atoms with Crippen molar-refractivity contribution in [3.8, 4) is 11.8 Å². The number of hydrogen-bond acceptors (Lipinski definition) is 3. The molecular formula is C21H17F3N2O. The van der Waals surface area contributed by atoms with Crippen LogP contribution in [0, 0.1) is 11.3 Å². The number of phenolic OH excluding ortho intramolecular Hbond substituents is 1. The van der Waals surface area contributed by atoms with Crippen LogP contribution in [0.5, 0.6) is 5.75 Å². The van der Waals surface area contributed by atoms with E-state index in [9.17, 15) is 23.5 Å². The average molecular weight is 370 g/mol. The van der Waals surface area contributed by atoms with Gasteiger partial charge >= 0.3 is 6.18 Å². The van der Waals surface area contributed by atoms with E-state index in [1.165, 1.54) is 37.3 Å². The Morgan fingerprint density at radius 1 is 1.15 bits per heavy atom. The highest BCUT2D eigenvalue weighted by Gasteiger charge is 2.30. The number of halogens is 3. The zero-order valence-corrected chi connectivity index (χ0v) is 14.5. The first-order valence-corrected chi connectivity index (χ1v) is 7.88. The van der Waals surface area contributed by atoms with E-state index < -0.39 is 11.7 Å². The lowest BCUT2D eigenvalue weighted by atomic mass is 9.92. The third kappa shape index (κ3) is 4.79. The summed E-state index contributed by atoms with van der Waals surface area (Å²) in [6.45, 7) is 5.42. The van der Waals surface area contributed by atoms with Crippen molar-refractivity contribution in [2.75, 3.05) is 0 Å². The zero-order valence-electron chi connectivity index (χ0n) is 14.5. The van der Waals surface area contributed by atoms with Crippen LogP contribution < -0.4 is 5.73 Å². The van der Waals surface area contributed by atoms with Crippen LogP contribution in [0.25, 0.3) is 11.1 Å². The second-order valence-electron chi connectivity index (χ2n) is 5.88. The van der Waals surface area contributed by atoms with Gasteiger partial charge < -0.3 is 10.8 Å². The Bertz CT molecular complexity index is 958. The predicted molar refractivity (Wildman–Crippen MR) is 99.1 cm³/mol. The van der Waals surface area contributed by atoms with Gasteiger partial charge in [-0.05, 0) is 54.0 Å². The first-order chi connectivity index (χ1) is 12.6. The molecule has 3 nitrogen and oxygen atoms in total. The number of alkyl halides is 3. The molecule has 0 saturated heterocycles. The van der Waals surface area contributed by atoms with Crippen molar-refractivity contribution in [1.29, 1.82) is 5.26 Å². The Balaban J connectivity index is 2.63. The Morgan fingerprint density at radius 3 is 2.30 bits per heavy atom. The summed E-state index contributed by atoms with van der Waals surface area (Å²) in [5, 5.41) is 18.8. The maximum atomic E-state index is 13.1. The van der Waals surface area contributed by atoms with Gasteiger partial charge in [-0.1, -0.05) is 30.8 Å². The van der Waals surface area contributed by atoms with E-state index in [1.54, 1.807) is 12.1 Å². The third-order valence-electron chi connectivity index (χ3n) is 3.83. The largest absolute Gasteiger partial charge is 0.508 e. The quantitative estimate of drug-likeness (QED) is 0.569. The number of benzene rings is 2. The van der Waals surface area contributed by atoms with Gasteiger partial charge in [-0.3, -0.25) is 0 Å². The fourth-order valence-electron chi connectivity index (χ4n) is 2.46. The Labute approximate surface area is 155 Å². The maximum absolute atomic E-state index is 13.1. The number of nitrogens with zero attached hydrogens (tertiary/aromatic N) is 1. The second-order valence-corrected chi connectivity index (χ2v) is 5.88. The molecule has 138 valence electrons. The van der Waals surface area contributed by atoms with Crippen molar-refractivity contribution >= 4 is 11.1 Å². The highest BCUT2D eigenvalue weighted by Crippen LogP contribution is 2.34. The van der Waals surface area contributed by atoms with Gasteiger partial charge in [-0.2, -0.15) is 18.4 Å². The fourth-order valence-corrected chi connectivity index (χ4v) is 2.46. The van der Waals surface area contributed by atoms with Gasteiger partial charge in [-0.25, -0.2) is 0 Å². The lowest BCUT2D eigenvalue weighted by molar-refractivity contribution is -0.137. The standard InChI is InChI=1S/C21H17F3N2O/c1-13(15-6-8-18(27)9-7-15)10-19(20(12-25)14(2)26)16-4-3-5-17(11-16)21(22,23)24/h3-11,27H,1,26H2,2H3/b19-10-,20-14-. The van der Waals surface area contributed by atoms with Crippen molar-refractivity contribution in [2.45, 2.75) is 13.1 Å². The molecule has 0 unspecified atom stereocenters. The molecule has 6 heteroatoms. The van der Waals surface area contributed by atoms with E-state index in [4.69, 9.17) is 5.73 Å². The molecule has 0 aliphatic rings. The molecule has 3 N–H and O–H groups in total. The summed E-state index contributed by atoms with van der Waals surface area (Å²) in [6.07, 6.45) is -3.00. The van der Waals surface area contributed by atoms with Gasteiger partial charge in [0.1, 0.15) is 11.8 Å². The fraction of sp³-hybridized carbons (Fsp3) is 0.0952. The van der Waals surface area contributed by atoms with Crippen molar-refractivity contribution in [1.82, 2.24) is 0 Å². The van der Waals surface area contributed by atoms with Crippen LogP contribution in [-0.2, 0) is 6.18 Å². The van der Waals surface area contributed by atoms with E-state index in [0.29, 0.717) is 11.1 Å². The Morgan fingerprint density at radius 2 is 1.78 bits per heavy atom. The SMILES string of the molecule is C=C(/C=C(\C(C#N)=C(\C)N)c1cccc(C(F)(F)F)c1)c1ccc(O)cc1. The summed E-state index contributed by atoms with van der Waals surface area (Å²) >= 11 is 0. The number of hydrogen-bond donors (Lipinski definition) is 2. The molecule has 2 rings (SSSR count). The molecule has 0 saturated carbocycles. The van der Waals surface area contributed by atoms with E-state index in [2.05, 4.69) is 6.58 Å². The smallest absolute Gasteiger partial charge is 0.416 e. The lowest BCUT2D eigenvalue weighted by Crippen LogP contribution is -2.06. The molecule has 0 aliphatic heterocycles. The van der Waals surface area contributed by atoms with Crippen LogP contribution in [-0.4, -0.2) is 5.11 Å². The van der Waals surface area contributed by atoms with Gasteiger partial charge in [0.05, 0.1) is 11.1 Å². The lowest BCUT2D eigenvalue weighted by Gasteiger charge is -2.13. The topological polar surface area (TPSA) is 70.0 Å². The molecule has 0 aliphatic carbocycles. The summed E-state index contributed by atoms with van der Waals surface area (Å²) < 4.78 is 39.2. The summed E-state index contributed by atoms with van der Waals surface area (Å²) in [6, 6.07) is 12.8. The average Bonchev–Trinajstić information content (AvgIpc) is 2.61. The third-order valence-corrected chi connectivity index (χ3v) is 3.83. The summed E-state index contributed by atoms with van der Waals surface area (Å²) in [5.41, 5.74) is 6.73. The molecule has 0 heterocycles. The minimum absolute atomic E-state index is 0.0641. The van der Waals surface area contributed by atoms with Crippen molar-refractivity contribution in [3.05, 3.63) is 89.1 Å². The molecule has 0 spiro atoms. The molecule has 2 aromatic rings. The Hall–Kier alpha value is -3.46. The van der Waals surface area contributed by atoms with Crippen molar-refractivity contribution < 1.29 is 18.3 Å². The van der Waals surface area contributed by atoms with E-state index in [0.717, 1.165) is 12.1 Å². The zero-order chi connectivity index (χ0) is 20.2. The maximum Gasteiger partial charge on any atom is 0.416 e. The molecule has 0 bridgehead atoms. The van der Waals surface area contributed by atoms with Crippen LogP contribution in [0.15, 0.2) is 72.5 Å². The number of rotatable bonds is 4. The van der Waals surface area contributed by atoms with Crippen LogP contribution >= 0.6 is 0 Å². The van der Waals surface area contributed by atoms with Gasteiger partial charge in [-0.15, -0.1) is 0 Å². The number of nitrogens with two attached hydrogens (primary N) is 1. The summed E-state index contributed by atoms with van der Waals surface area (Å²) in [7, 11) is 0. The van der Waals surface area contributed by atoms with Gasteiger partial charge in [0, 0.05) is 11.3 Å². The number of aromatic hydroxyl groups is 1. The second kappa shape index (κ2) is 7.83. The first kappa shape index (κ1) is 19.9. The van der Waals surface area contributed by atoms with Crippen molar-refractivity contribution in [2.24, 2.45) is 5.73 Å². The monoisotopic (exact) mass is 370 g/mol. The molecule has 0 radical (unpaired) electrons. The van der Waals surface area contributed by atoms with Crippen LogP contribution in [0.1, 0.15) is 23.6 Å². The Kier molecular flexibility index (Phi) is 5.76. The van der Waals surface area contributed by atoms with Gasteiger partial charge in [0.25, 0.3) is 0 Å². The number of phenols is 1. The molecule has 0 fully saturated rings. The van der Waals surface area contributed by atoms with E-state index in [1.807, 2.05) is 6.07 Å². The highest BCUT2D eigenvalue weighted by atomic mass is 19.4. The summed E-state index contributed by atoms with van der Waals surface area (Å²) in [5.74, 6) is 0.0732. The highest BCUT2D eigenvalue weighted by molar-refractivity contribution is 5.92. The van der Waals surface area contributed by atoms with Gasteiger partial charge in [0.15, 0.2) is 0 Å². The molecule has 2 aromatic carbocycles. The predicted octanol–water partition coefficient (Wildman–Crippen LogP) is 5.26. The van der Waals surface area contributed by atoms with E-state index >= 15 is 0 Å². The van der Waals surface area contributed by atoms with E-state index in [-0.39, 0.29) is 28.2 Å². The minimum Gasteiger partial charge on any atom is -0.508 e. The minimum atomic E-state index is -4.51. The molecule has 0 atom stereocenters.